The van der Waals surface area contributed by atoms with E-state index in [-0.39, 0.29) is 0 Å². The predicted octanol–water partition coefficient (Wildman–Crippen LogP) is 1.41. The number of aliphatic hydroxyl groups is 1. The van der Waals surface area contributed by atoms with E-state index in [2.05, 4.69) is 0 Å². The van der Waals surface area contributed by atoms with Crippen molar-refractivity contribution < 1.29 is 15.0 Å². The number of aliphatic hydroxyl groups excluding tert-OH is 1. The summed E-state index contributed by atoms with van der Waals surface area (Å²) >= 11 is 1.99. The molecule has 0 aliphatic rings. The van der Waals surface area contributed by atoms with Crippen molar-refractivity contribution in [3.05, 3.63) is 33.4 Å². The summed E-state index contributed by atoms with van der Waals surface area (Å²) in [6.07, 6.45) is -1.42. The fraction of sp³-hybridized carbons (Fsp3) is 0.125. The molecule has 64 valence electrons. The molecule has 0 aliphatic heterocycles. The normalized spacial score (nSPS) is 12.5. The molecule has 2 N–H and O–H groups in total. The summed E-state index contributed by atoms with van der Waals surface area (Å²) in [4.78, 5) is 10.4. The molecular weight excluding hydrogens is 271 g/mol. The van der Waals surface area contributed by atoms with Crippen LogP contribution in [0.5, 0.6) is 0 Å². The zero-order valence-corrected chi connectivity index (χ0v) is 8.22. The summed E-state index contributed by atoms with van der Waals surface area (Å²) < 4.78 is 0.755. The standard InChI is InChI=1S/C8H7IO3/c9-6-4-2-1-3-5(6)7(10)8(11)12/h1-4,7,10H,(H,11,12)/t7-/m0/s1. The lowest BCUT2D eigenvalue weighted by Crippen LogP contribution is -2.11. The summed E-state index contributed by atoms with van der Waals surface area (Å²) in [7, 11) is 0. The van der Waals surface area contributed by atoms with Gasteiger partial charge in [0.05, 0.1) is 0 Å². The van der Waals surface area contributed by atoms with Crippen molar-refractivity contribution in [2.24, 2.45) is 0 Å². The van der Waals surface area contributed by atoms with Crippen molar-refractivity contribution >= 4 is 28.6 Å². The van der Waals surface area contributed by atoms with Gasteiger partial charge in [0.15, 0.2) is 6.10 Å². The van der Waals surface area contributed by atoms with Crippen LogP contribution in [0.4, 0.5) is 0 Å². The number of aliphatic carboxylic acids is 1. The molecule has 0 heterocycles. The van der Waals surface area contributed by atoms with Gasteiger partial charge in [-0.15, -0.1) is 0 Å². The van der Waals surface area contributed by atoms with E-state index < -0.39 is 12.1 Å². The molecule has 1 aromatic rings. The molecule has 0 spiro atoms. The molecule has 0 saturated heterocycles. The maximum absolute atomic E-state index is 10.4. The Bertz CT molecular complexity index is 298. The average Bonchev–Trinajstić information content (AvgIpc) is 2.04. The molecular formula is C8H7IO3. The second-order valence-electron chi connectivity index (χ2n) is 2.26. The highest BCUT2D eigenvalue weighted by Gasteiger charge is 2.17. The van der Waals surface area contributed by atoms with Gasteiger partial charge in [0.1, 0.15) is 0 Å². The minimum atomic E-state index is -1.42. The second kappa shape index (κ2) is 3.86. The fourth-order valence-electron chi connectivity index (χ4n) is 0.830. The van der Waals surface area contributed by atoms with E-state index in [0.717, 1.165) is 3.57 Å². The Kier molecular flexibility index (Phi) is 3.05. The largest absolute Gasteiger partial charge is 0.479 e. The Morgan fingerprint density at radius 2 is 2.00 bits per heavy atom. The van der Waals surface area contributed by atoms with E-state index in [1.54, 1.807) is 24.3 Å². The number of carboxylic acid groups (broad SMARTS) is 1. The molecule has 0 fully saturated rings. The first-order valence-corrected chi connectivity index (χ1v) is 4.36. The lowest BCUT2D eigenvalue weighted by atomic mass is 10.1. The van der Waals surface area contributed by atoms with Crippen LogP contribution in [0, 0.1) is 3.57 Å². The zero-order chi connectivity index (χ0) is 9.14. The number of carboxylic acids is 1. The van der Waals surface area contributed by atoms with Gasteiger partial charge < -0.3 is 10.2 Å². The van der Waals surface area contributed by atoms with Gasteiger partial charge in [0, 0.05) is 9.13 Å². The first-order valence-electron chi connectivity index (χ1n) is 3.28. The molecule has 0 aliphatic carbocycles. The van der Waals surface area contributed by atoms with E-state index in [9.17, 15) is 9.90 Å². The Morgan fingerprint density at radius 3 is 2.50 bits per heavy atom. The lowest BCUT2D eigenvalue weighted by molar-refractivity contribution is -0.147. The Hall–Kier alpha value is -0.620. The molecule has 0 radical (unpaired) electrons. The molecule has 0 bridgehead atoms. The Labute approximate surface area is 83.2 Å². The first kappa shape index (κ1) is 9.47. The quantitative estimate of drug-likeness (QED) is 0.804. The Balaban J connectivity index is 3.02. The van der Waals surface area contributed by atoms with Gasteiger partial charge in [0.2, 0.25) is 0 Å². The topological polar surface area (TPSA) is 57.5 Å². The third kappa shape index (κ3) is 1.95. The van der Waals surface area contributed by atoms with Crippen molar-refractivity contribution in [3.63, 3.8) is 0 Å². The molecule has 0 saturated carbocycles. The van der Waals surface area contributed by atoms with Crippen LogP contribution in [0.2, 0.25) is 0 Å². The van der Waals surface area contributed by atoms with Gasteiger partial charge in [-0.25, -0.2) is 4.79 Å². The summed E-state index contributed by atoms with van der Waals surface area (Å²) in [6.45, 7) is 0. The van der Waals surface area contributed by atoms with Crippen LogP contribution in [-0.4, -0.2) is 16.2 Å². The van der Waals surface area contributed by atoms with Crippen molar-refractivity contribution in [1.82, 2.24) is 0 Å². The van der Waals surface area contributed by atoms with E-state index in [0.29, 0.717) is 5.56 Å². The van der Waals surface area contributed by atoms with Crippen LogP contribution >= 0.6 is 22.6 Å². The second-order valence-corrected chi connectivity index (χ2v) is 3.42. The Morgan fingerprint density at radius 1 is 1.42 bits per heavy atom. The van der Waals surface area contributed by atoms with E-state index >= 15 is 0 Å². The van der Waals surface area contributed by atoms with E-state index in [1.807, 2.05) is 22.6 Å². The van der Waals surface area contributed by atoms with Crippen molar-refractivity contribution in [1.29, 1.82) is 0 Å². The molecule has 3 nitrogen and oxygen atoms in total. The third-order valence-corrected chi connectivity index (χ3v) is 2.42. The van der Waals surface area contributed by atoms with Crippen LogP contribution < -0.4 is 0 Å². The fourth-order valence-corrected chi connectivity index (χ4v) is 1.51. The average molecular weight is 278 g/mol. The number of rotatable bonds is 2. The number of hydrogen-bond acceptors (Lipinski definition) is 2. The molecule has 0 aromatic heterocycles. The van der Waals surface area contributed by atoms with Gasteiger partial charge in [-0.1, -0.05) is 18.2 Å². The maximum atomic E-state index is 10.4. The summed E-state index contributed by atoms with van der Waals surface area (Å²) in [5.41, 5.74) is 0.436. The number of benzene rings is 1. The minimum absolute atomic E-state index is 0.436. The first-order chi connectivity index (χ1) is 5.63. The summed E-state index contributed by atoms with van der Waals surface area (Å²) in [6, 6.07) is 6.84. The lowest BCUT2D eigenvalue weighted by Gasteiger charge is -2.06. The van der Waals surface area contributed by atoms with Crippen molar-refractivity contribution in [3.8, 4) is 0 Å². The molecule has 0 unspecified atom stereocenters. The SMILES string of the molecule is O=C(O)[C@@H](O)c1ccccc1I. The van der Waals surface area contributed by atoms with Crippen LogP contribution in [0.1, 0.15) is 11.7 Å². The number of carbonyl (C=O) groups is 1. The van der Waals surface area contributed by atoms with Gasteiger partial charge in [-0.05, 0) is 28.7 Å². The zero-order valence-electron chi connectivity index (χ0n) is 6.07. The summed E-state index contributed by atoms with van der Waals surface area (Å²) in [5.74, 6) is -1.22. The monoisotopic (exact) mass is 278 g/mol. The van der Waals surface area contributed by atoms with Crippen LogP contribution in [-0.2, 0) is 4.79 Å². The van der Waals surface area contributed by atoms with Crippen LogP contribution in [0.15, 0.2) is 24.3 Å². The van der Waals surface area contributed by atoms with Crippen LogP contribution in [0.3, 0.4) is 0 Å². The van der Waals surface area contributed by atoms with Gasteiger partial charge in [-0.2, -0.15) is 0 Å². The van der Waals surface area contributed by atoms with Gasteiger partial charge >= 0.3 is 5.97 Å². The van der Waals surface area contributed by atoms with Gasteiger partial charge in [0.25, 0.3) is 0 Å². The van der Waals surface area contributed by atoms with Crippen molar-refractivity contribution in [2.45, 2.75) is 6.10 Å². The molecule has 1 aromatic carbocycles. The highest BCUT2D eigenvalue weighted by molar-refractivity contribution is 14.1. The maximum Gasteiger partial charge on any atom is 0.337 e. The van der Waals surface area contributed by atoms with E-state index in [1.165, 1.54) is 0 Å². The number of hydrogen-bond donors (Lipinski definition) is 2. The highest BCUT2D eigenvalue weighted by Crippen LogP contribution is 2.19. The highest BCUT2D eigenvalue weighted by atomic mass is 127. The molecule has 1 rings (SSSR count). The van der Waals surface area contributed by atoms with E-state index in [4.69, 9.17) is 5.11 Å². The van der Waals surface area contributed by atoms with Crippen molar-refractivity contribution in [2.75, 3.05) is 0 Å². The predicted molar refractivity (Wildman–Crippen MR) is 51.8 cm³/mol. The van der Waals surface area contributed by atoms with Gasteiger partial charge in [-0.3, -0.25) is 0 Å². The van der Waals surface area contributed by atoms with Crippen LogP contribution in [0.25, 0.3) is 0 Å². The summed E-state index contributed by atoms with van der Waals surface area (Å²) in [5, 5.41) is 17.7. The minimum Gasteiger partial charge on any atom is -0.479 e. The number of halogens is 1. The smallest absolute Gasteiger partial charge is 0.337 e. The molecule has 12 heavy (non-hydrogen) atoms. The molecule has 4 heteroatoms. The third-order valence-electron chi connectivity index (χ3n) is 1.43. The molecule has 1 atom stereocenters. The molecule has 0 amide bonds.